The minimum atomic E-state index is -1.20. The number of rotatable bonds is 3. The zero-order valence-corrected chi connectivity index (χ0v) is 11.1. The van der Waals surface area contributed by atoms with Crippen molar-refractivity contribution in [3.8, 4) is 0 Å². The standard InChI is InChI=1S/C11H15N5O5/c1-20-2-4-6(17)7(18)10(21-4)16-3-13-5-8(16)14-11(12)15-9(5)19/h3-4,6-7,10,17-18H,2H2,1H3,(H3,12,14,15,19)/t4?,6-,7?,10?/m0/s1. The van der Waals surface area contributed by atoms with Crippen molar-refractivity contribution in [3.63, 3.8) is 0 Å². The second-order valence-corrected chi connectivity index (χ2v) is 4.78. The van der Waals surface area contributed by atoms with Gasteiger partial charge in [-0.3, -0.25) is 14.3 Å². The Hall–Kier alpha value is -2.01. The van der Waals surface area contributed by atoms with Gasteiger partial charge >= 0.3 is 0 Å². The molecule has 0 bridgehead atoms. The number of aromatic nitrogens is 4. The van der Waals surface area contributed by atoms with E-state index in [1.54, 1.807) is 0 Å². The lowest BCUT2D eigenvalue weighted by atomic mass is 10.1. The van der Waals surface area contributed by atoms with E-state index < -0.39 is 30.1 Å². The number of nitrogens with zero attached hydrogens (tertiary/aromatic N) is 3. The molecule has 5 N–H and O–H groups in total. The molecular formula is C11H15N5O5. The largest absolute Gasteiger partial charge is 0.387 e. The summed E-state index contributed by atoms with van der Waals surface area (Å²) in [7, 11) is 1.46. The van der Waals surface area contributed by atoms with Crippen LogP contribution in [0.5, 0.6) is 0 Å². The van der Waals surface area contributed by atoms with Gasteiger partial charge < -0.3 is 25.4 Å². The number of anilines is 1. The fourth-order valence-electron chi connectivity index (χ4n) is 2.39. The number of nitrogens with two attached hydrogens (primary N) is 1. The summed E-state index contributed by atoms with van der Waals surface area (Å²) in [6, 6.07) is 0. The van der Waals surface area contributed by atoms with Gasteiger partial charge in [0, 0.05) is 7.11 Å². The van der Waals surface area contributed by atoms with Crippen molar-refractivity contribution in [2.75, 3.05) is 19.5 Å². The number of aliphatic hydroxyl groups is 2. The SMILES string of the molecule is COCC1OC(n2cnc3c(=O)[nH]c(N)nc32)C(O)[C@H]1O. The Kier molecular flexibility index (Phi) is 3.37. The van der Waals surface area contributed by atoms with Crippen molar-refractivity contribution >= 4 is 17.1 Å². The molecule has 2 aromatic rings. The Morgan fingerprint density at radius 2 is 2.29 bits per heavy atom. The van der Waals surface area contributed by atoms with Crippen LogP contribution in [0, 0.1) is 0 Å². The lowest BCUT2D eigenvalue weighted by molar-refractivity contribution is -0.0580. The third kappa shape index (κ3) is 2.17. The first-order valence-electron chi connectivity index (χ1n) is 6.25. The molecule has 0 amide bonds. The number of fused-ring (bicyclic) bond motifs is 1. The van der Waals surface area contributed by atoms with E-state index in [0.29, 0.717) is 0 Å². The van der Waals surface area contributed by atoms with Gasteiger partial charge in [-0.25, -0.2) is 4.98 Å². The van der Waals surface area contributed by atoms with Crippen LogP contribution >= 0.6 is 0 Å². The van der Waals surface area contributed by atoms with E-state index in [1.807, 2.05) is 0 Å². The lowest BCUT2D eigenvalue weighted by Crippen LogP contribution is -2.33. The average molecular weight is 297 g/mol. The molecular weight excluding hydrogens is 282 g/mol. The van der Waals surface area contributed by atoms with Crippen LogP contribution < -0.4 is 11.3 Å². The Bertz CT molecular complexity index is 713. The summed E-state index contributed by atoms with van der Waals surface area (Å²) >= 11 is 0. The summed E-state index contributed by atoms with van der Waals surface area (Å²) in [6.07, 6.45) is -2.63. The highest BCUT2D eigenvalue weighted by Gasteiger charge is 2.44. The second kappa shape index (κ2) is 5.07. The van der Waals surface area contributed by atoms with Gasteiger partial charge in [-0.15, -0.1) is 0 Å². The van der Waals surface area contributed by atoms with E-state index in [2.05, 4.69) is 15.0 Å². The monoisotopic (exact) mass is 297 g/mol. The minimum absolute atomic E-state index is 0.0734. The molecule has 1 aliphatic heterocycles. The highest BCUT2D eigenvalue weighted by molar-refractivity contribution is 5.70. The Balaban J connectivity index is 2.03. The number of ether oxygens (including phenoxy) is 2. The number of imidazole rings is 1. The molecule has 3 rings (SSSR count). The minimum Gasteiger partial charge on any atom is -0.387 e. The van der Waals surface area contributed by atoms with Gasteiger partial charge in [0.15, 0.2) is 17.4 Å². The van der Waals surface area contributed by atoms with E-state index in [0.717, 1.165) is 0 Å². The van der Waals surface area contributed by atoms with Crippen LogP contribution in [0.2, 0.25) is 0 Å². The molecule has 3 heterocycles. The van der Waals surface area contributed by atoms with Gasteiger partial charge in [0.05, 0.1) is 12.9 Å². The first kappa shape index (κ1) is 13.9. The summed E-state index contributed by atoms with van der Waals surface area (Å²) in [6.45, 7) is 0.123. The summed E-state index contributed by atoms with van der Waals surface area (Å²) in [5.41, 5.74) is 5.27. The number of aromatic amines is 1. The van der Waals surface area contributed by atoms with Crippen LogP contribution in [0.1, 0.15) is 6.23 Å². The summed E-state index contributed by atoms with van der Waals surface area (Å²) in [4.78, 5) is 22.0. The van der Waals surface area contributed by atoms with Crippen LogP contribution in [-0.4, -0.2) is 61.8 Å². The Morgan fingerprint density at radius 3 is 3.00 bits per heavy atom. The molecule has 114 valence electrons. The van der Waals surface area contributed by atoms with E-state index >= 15 is 0 Å². The van der Waals surface area contributed by atoms with Crippen molar-refractivity contribution in [2.45, 2.75) is 24.5 Å². The first-order valence-corrected chi connectivity index (χ1v) is 6.25. The number of aliphatic hydroxyl groups excluding tert-OH is 2. The normalized spacial score (nSPS) is 29.3. The van der Waals surface area contributed by atoms with Gasteiger partial charge in [0.25, 0.3) is 5.56 Å². The number of hydrogen-bond donors (Lipinski definition) is 4. The van der Waals surface area contributed by atoms with Crippen molar-refractivity contribution in [2.24, 2.45) is 0 Å². The second-order valence-electron chi connectivity index (χ2n) is 4.78. The number of nitrogens with one attached hydrogen (secondary N) is 1. The lowest BCUT2D eigenvalue weighted by Gasteiger charge is -2.16. The molecule has 1 fully saturated rings. The summed E-state index contributed by atoms with van der Waals surface area (Å²) in [5, 5.41) is 20.0. The van der Waals surface area contributed by atoms with Crippen molar-refractivity contribution in [1.82, 2.24) is 19.5 Å². The molecule has 10 heteroatoms. The molecule has 21 heavy (non-hydrogen) atoms. The summed E-state index contributed by atoms with van der Waals surface area (Å²) < 4.78 is 11.9. The predicted octanol–water partition coefficient (Wildman–Crippen LogP) is -2.03. The zero-order valence-electron chi connectivity index (χ0n) is 11.1. The summed E-state index contributed by atoms with van der Waals surface area (Å²) in [5.74, 6) is -0.0734. The number of H-pyrrole nitrogens is 1. The molecule has 0 aliphatic carbocycles. The Morgan fingerprint density at radius 1 is 1.52 bits per heavy atom. The maximum absolute atomic E-state index is 11.7. The van der Waals surface area contributed by atoms with Crippen LogP contribution in [0.15, 0.2) is 11.1 Å². The van der Waals surface area contributed by atoms with Gasteiger partial charge in [0.2, 0.25) is 5.95 Å². The molecule has 3 unspecified atom stereocenters. The fourth-order valence-corrected chi connectivity index (χ4v) is 2.39. The number of methoxy groups -OCH3 is 1. The topological polar surface area (TPSA) is 149 Å². The van der Waals surface area contributed by atoms with Crippen LogP contribution in [-0.2, 0) is 9.47 Å². The van der Waals surface area contributed by atoms with E-state index in [9.17, 15) is 15.0 Å². The van der Waals surface area contributed by atoms with E-state index in [4.69, 9.17) is 15.2 Å². The molecule has 2 aromatic heterocycles. The quantitative estimate of drug-likeness (QED) is 0.506. The van der Waals surface area contributed by atoms with Crippen molar-refractivity contribution in [1.29, 1.82) is 0 Å². The van der Waals surface area contributed by atoms with E-state index in [-0.39, 0.29) is 23.7 Å². The number of hydrogen-bond acceptors (Lipinski definition) is 8. The molecule has 10 nitrogen and oxygen atoms in total. The van der Waals surface area contributed by atoms with Gasteiger partial charge in [-0.05, 0) is 0 Å². The van der Waals surface area contributed by atoms with Gasteiger partial charge in [-0.2, -0.15) is 4.98 Å². The fraction of sp³-hybridized carbons (Fsp3) is 0.545. The first-order chi connectivity index (χ1) is 10.0. The van der Waals surface area contributed by atoms with Gasteiger partial charge in [0.1, 0.15) is 18.3 Å². The molecule has 0 aromatic carbocycles. The third-order valence-corrected chi connectivity index (χ3v) is 3.39. The third-order valence-electron chi connectivity index (χ3n) is 3.39. The average Bonchev–Trinajstić information content (AvgIpc) is 2.96. The molecule has 0 saturated carbocycles. The predicted molar refractivity (Wildman–Crippen MR) is 70.4 cm³/mol. The molecule has 1 saturated heterocycles. The maximum Gasteiger partial charge on any atom is 0.280 e. The molecule has 4 atom stereocenters. The molecule has 1 aliphatic rings. The number of nitrogen functional groups attached to an aromatic ring is 1. The molecule has 0 radical (unpaired) electrons. The maximum atomic E-state index is 11.7. The smallest absolute Gasteiger partial charge is 0.280 e. The van der Waals surface area contributed by atoms with Crippen molar-refractivity contribution < 1.29 is 19.7 Å². The van der Waals surface area contributed by atoms with Crippen LogP contribution in [0.3, 0.4) is 0 Å². The van der Waals surface area contributed by atoms with Crippen molar-refractivity contribution in [3.05, 3.63) is 16.7 Å². The van der Waals surface area contributed by atoms with Crippen LogP contribution in [0.4, 0.5) is 5.95 Å². The molecule has 0 spiro atoms. The van der Waals surface area contributed by atoms with Crippen LogP contribution in [0.25, 0.3) is 11.2 Å². The van der Waals surface area contributed by atoms with E-state index in [1.165, 1.54) is 18.0 Å². The Labute approximate surface area is 118 Å². The highest BCUT2D eigenvalue weighted by atomic mass is 16.6. The zero-order chi connectivity index (χ0) is 15.1. The highest BCUT2D eigenvalue weighted by Crippen LogP contribution is 2.31. The van der Waals surface area contributed by atoms with Gasteiger partial charge in [-0.1, -0.05) is 0 Å².